The van der Waals surface area contributed by atoms with Gasteiger partial charge in [-0.15, -0.1) is 23.1 Å². The first-order chi connectivity index (χ1) is 11.1. The second-order valence-corrected chi connectivity index (χ2v) is 6.12. The molecule has 122 valence electrons. The van der Waals surface area contributed by atoms with Crippen LogP contribution in [0.1, 0.15) is 12.6 Å². The molecular formula is C15H17N3O3S2. The molecule has 2 amide bonds. The first kappa shape index (κ1) is 17.3. The summed E-state index contributed by atoms with van der Waals surface area (Å²) in [5.41, 5.74) is 1.38. The number of carbonyl (C=O) groups is 2. The zero-order chi connectivity index (χ0) is 16.7. The standard InChI is InChI=1S/C15H17N3O3S2/c1-3-21-15(20)18-14-16-10(9-23-14)8-13(19)17-11-6-4-5-7-12(11)22-2/h4-7,9H,3,8H2,1-2H3,(H,17,19)(H,16,18,20). The van der Waals surface area contributed by atoms with E-state index in [9.17, 15) is 9.59 Å². The van der Waals surface area contributed by atoms with Crippen LogP contribution in [0.4, 0.5) is 15.6 Å². The number of nitrogens with one attached hydrogen (secondary N) is 2. The lowest BCUT2D eigenvalue weighted by atomic mass is 10.3. The number of aromatic nitrogens is 1. The number of thioether (sulfide) groups is 1. The molecule has 1 heterocycles. The van der Waals surface area contributed by atoms with E-state index in [1.165, 1.54) is 11.3 Å². The molecule has 0 fully saturated rings. The lowest BCUT2D eigenvalue weighted by molar-refractivity contribution is -0.115. The lowest BCUT2D eigenvalue weighted by Gasteiger charge is -2.08. The van der Waals surface area contributed by atoms with Crippen LogP contribution >= 0.6 is 23.1 Å². The summed E-state index contributed by atoms with van der Waals surface area (Å²) in [6.07, 6.45) is 1.55. The number of amides is 2. The van der Waals surface area contributed by atoms with E-state index in [-0.39, 0.29) is 12.3 Å². The van der Waals surface area contributed by atoms with E-state index in [0.717, 1.165) is 10.6 Å². The van der Waals surface area contributed by atoms with Crippen molar-refractivity contribution in [2.75, 3.05) is 23.5 Å². The average molecular weight is 351 g/mol. The summed E-state index contributed by atoms with van der Waals surface area (Å²) in [5, 5.41) is 7.54. The van der Waals surface area contributed by atoms with Crippen molar-refractivity contribution < 1.29 is 14.3 Å². The van der Waals surface area contributed by atoms with Crippen LogP contribution in [0.3, 0.4) is 0 Å². The van der Waals surface area contributed by atoms with Crippen molar-refractivity contribution in [3.05, 3.63) is 35.3 Å². The third-order valence-corrected chi connectivity index (χ3v) is 4.36. The fourth-order valence-corrected chi connectivity index (χ4v) is 3.06. The van der Waals surface area contributed by atoms with Crippen molar-refractivity contribution in [2.45, 2.75) is 18.2 Å². The summed E-state index contributed by atoms with van der Waals surface area (Å²) in [4.78, 5) is 28.6. The van der Waals surface area contributed by atoms with E-state index in [2.05, 4.69) is 15.6 Å². The molecule has 0 aliphatic carbocycles. The highest BCUT2D eigenvalue weighted by atomic mass is 32.2. The number of para-hydroxylation sites is 1. The molecule has 0 saturated heterocycles. The van der Waals surface area contributed by atoms with Crippen molar-refractivity contribution in [1.82, 2.24) is 4.98 Å². The third kappa shape index (κ3) is 5.26. The number of hydrogen-bond acceptors (Lipinski definition) is 6. The van der Waals surface area contributed by atoms with Crippen LogP contribution in [0, 0.1) is 0 Å². The molecule has 2 rings (SSSR count). The van der Waals surface area contributed by atoms with Crippen molar-refractivity contribution in [2.24, 2.45) is 0 Å². The number of benzene rings is 1. The largest absolute Gasteiger partial charge is 0.450 e. The van der Waals surface area contributed by atoms with E-state index in [1.54, 1.807) is 24.1 Å². The fourth-order valence-electron chi connectivity index (χ4n) is 1.81. The van der Waals surface area contributed by atoms with Crippen LogP contribution in [0.5, 0.6) is 0 Å². The Balaban J connectivity index is 1.93. The molecule has 1 aromatic carbocycles. The maximum atomic E-state index is 12.1. The number of anilines is 2. The van der Waals surface area contributed by atoms with E-state index in [1.807, 2.05) is 30.5 Å². The van der Waals surface area contributed by atoms with E-state index in [4.69, 9.17) is 4.74 Å². The monoisotopic (exact) mass is 351 g/mol. The van der Waals surface area contributed by atoms with Gasteiger partial charge >= 0.3 is 6.09 Å². The van der Waals surface area contributed by atoms with E-state index >= 15 is 0 Å². The van der Waals surface area contributed by atoms with Crippen LogP contribution in [0.25, 0.3) is 0 Å². The minimum atomic E-state index is -0.549. The van der Waals surface area contributed by atoms with Crippen molar-refractivity contribution >= 4 is 45.9 Å². The van der Waals surface area contributed by atoms with Gasteiger partial charge in [-0.25, -0.2) is 9.78 Å². The molecule has 1 aromatic heterocycles. The molecule has 0 atom stereocenters. The second-order valence-electron chi connectivity index (χ2n) is 4.41. The molecule has 0 aliphatic rings. The van der Waals surface area contributed by atoms with Gasteiger partial charge < -0.3 is 10.1 Å². The minimum absolute atomic E-state index is 0.143. The van der Waals surface area contributed by atoms with E-state index in [0.29, 0.717) is 17.4 Å². The van der Waals surface area contributed by atoms with Gasteiger partial charge in [0, 0.05) is 10.3 Å². The molecule has 0 radical (unpaired) electrons. The zero-order valence-electron chi connectivity index (χ0n) is 12.8. The molecule has 0 unspecified atom stereocenters. The van der Waals surface area contributed by atoms with Gasteiger partial charge in [0.2, 0.25) is 5.91 Å². The van der Waals surface area contributed by atoms with Gasteiger partial charge in [-0.1, -0.05) is 12.1 Å². The lowest BCUT2D eigenvalue weighted by Crippen LogP contribution is -2.16. The van der Waals surface area contributed by atoms with Gasteiger partial charge in [0.15, 0.2) is 5.13 Å². The number of rotatable bonds is 6. The summed E-state index contributed by atoms with van der Waals surface area (Å²) < 4.78 is 4.78. The van der Waals surface area contributed by atoms with Crippen LogP contribution in [-0.2, 0) is 16.0 Å². The van der Waals surface area contributed by atoms with Crippen molar-refractivity contribution in [3.8, 4) is 0 Å². The zero-order valence-corrected chi connectivity index (χ0v) is 14.4. The normalized spacial score (nSPS) is 10.2. The number of ether oxygens (including phenoxy) is 1. The molecule has 0 bridgehead atoms. The summed E-state index contributed by atoms with van der Waals surface area (Å²) in [6, 6.07) is 7.61. The topological polar surface area (TPSA) is 80.3 Å². The maximum Gasteiger partial charge on any atom is 0.413 e. The van der Waals surface area contributed by atoms with Crippen LogP contribution < -0.4 is 10.6 Å². The predicted octanol–water partition coefficient (Wildman–Crippen LogP) is 3.61. The van der Waals surface area contributed by atoms with Gasteiger partial charge in [-0.2, -0.15) is 0 Å². The third-order valence-electron chi connectivity index (χ3n) is 2.76. The SMILES string of the molecule is CCOC(=O)Nc1nc(CC(=O)Nc2ccccc2SC)cs1. The molecule has 6 nitrogen and oxygen atoms in total. The first-order valence-corrected chi connectivity index (χ1v) is 9.04. The number of carbonyl (C=O) groups excluding carboxylic acids is 2. The molecule has 2 N–H and O–H groups in total. The molecular weight excluding hydrogens is 334 g/mol. The minimum Gasteiger partial charge on any atom is -0.450 e. The average Bonchev–Trinajstić information content (AvgIpc) is 2.94. The Morgan fingerprint density at radius 1 is 1.30 bits per heavy atom. The van der Waals surface area contributed by atoms with E-state index < -0.39 is 6.09 Å². The smallest absolute Gasteiger partial charge is 0.413 e. The van der Waals surface area contributed by atoms with Gasteiger partial charge in [-0.3, -0.25) is 10.1 Å². The molecule has 2 aromatic rings. The Bertz CT molecular complexity index is 688. The maximum absolute atomic E-state index is 12.1. The molecule has 0 spiro atoms. The summed E-state index contributed by atoms with van der Waals surface area (Å²) in [7, 11) is 0. The Hall–Kier alpha value is -2.06. The van der Waals surface area contributed by atoms with Gasteiger partial charge in [0.25, 0.3) is 0 Å². The molecule has 0 aliphatic heterocycles. The number of hydrogen-bond donors (Lipinski definition) is 2. The van der Waals surface area contributed by atoms with Crippen LogP contribution in [0.2, 0.25) is 0 Å². The fraction of sp³-hybridized carbons (Fsp3) is 0.267. The Morgan fingerprint density at radius 3 is 2.83 bits per heavy atom. The summed E-state index contributed by atoms with van der Waals surface area (Å²) >= 11 is 2.82. The van der Waals surface area contributed by atoms with Crippen molar-refractivity contribution in [3.63, 3.8) is 0 Å². The predicted molar refractivity (Wildman–Crippen MR) is 93.3 cm³/mol. The van der Waals surface area contributed by atoms with Gasteiger partial charge in [0.05, 0.1) is 24.4 Å². The Kier molecular flexibility index (Phi) is 6.42. The van der Waals surface area contributed by atoms with Crippen molar-refractivity contribution in [1.29, 1.82) is 0 Å². The highest BCUT2D eigenvalue weighted by Crippen LogP contribution is 2.25. The Morgan fingerprint density at radius 2 is 2.09 bits per heavy atom. The summed E-state index contributed by atoms with van der Waals surface area (Å²) in [6.45, 7) is 2.02. The number of thiazole rings is 1. The number of nitrogens with zero attached hydrogens (tertiary/aromatic N) is 1. The Labute approximate surface area is 142 Å². The highest BCUT2D eigenvalue weighted by molar-refractivity contribution is 7.98. The van der Waals surface area contributed by atoms with Gasteiger partial charge in [-0.05, 0) is 25.3 Å². The van der Waals surface area contributed by atoms with Crippen LogP contribution in [0.15, 0.2) is 34.5 Å². The molecule has 8 heteroatoms. The van der Waals surface area contributed by atoms with Crippen LogP contribution in [-0.4, -0.2) is 29.8 Å². The first-order valence-electron chi connectivity index (χ1n) is 6.93. The molecule has 0 saturated carbocycles. The van der Waals surface area contributed by atoms with Gasteiger partial charge in [0.1, 0.15) is 0 Å². The quantitative estimate of drug-likeness (QED) is 0.777. The second kappa shape index (κ2) is 8.54. The highest BCUT2D eigenvalue weighted by Gasteiger charge is 2.11. The summed E-state index contributed by atoms with van der Waals surface area (Å²) in [5.74, 6) is -0.153. The molecule has 23 heavy (non-hydrogen) atoms.